The number of nitrogens with zero attached hydrogens (tertiary/aromatic N) is 2. The summed E-state index contributed by atoms with van der Waals surface area (Å²) in [5.74, 6) is -0.776. The molecule has 1 aliphatic heterocycles. The normalized spacial score (nSPS) is 20.1. The lowest BCUT2D eigenvalue weighted by atomic mass is 9.92. The number of likely N-dealkylation sites (tertiary alicyclic amines) is 1. The van der Waals surface area contributed by atoms with Gasteiger partial charge in [0.15, 0.2) is 0 Å². The summed E-state index contributed by atoms with van der Waals surface area (Å²) in [7, 11) is 3.81. The second-order valence-corrected chi connectivity index (χ2v) is 7.53. The third-order valence-electron chi connectivity index (χ3n) is 4.85. The van der Waals surface area contributed by atoms with Crippen molar-refractivity contribution in [1.29, 1.82) is 0 Å². The van der Waals surface area contributed by atoms with Crippen molar-refractivity contribution in [3.8, 4) is 16.9 Å². The van der Waals surface area contributed by atoms with Gasteiger partial charge in [-0.1, -0.05) is 12.1 Å². The third kappa shape index (κ3) is 4.46. The largest absolute Gasteiger partial charge is 0.508 e. The Morgan fingerprint density at radius 3 is 2.56 bits per heavy atom. The molecule has 6 heteroatoms. The lowest BCUT2D eigenvalue weighted by Crippen LogP contribution is -2.54. The predicted octanol–water partition coefficient (Wildman–Crippen LogP) is 2.73. The maximum Gasteiger partial charge on any atom is 0.253 e. The molecule has 1 fully saturated rings. The molecule has 1 aliphatic rings. The Kier molecular flexibility index (Phi) is 5.48. The number of β-amino-alcohol motifs (C(OH)–C–C–N with tert-alkyl or cyclic N) is 1. The first-order valence-electron chi connectivity index (χ1n) is 9.03. The summed E-state index contributed by atoms with van der Waals surface area (Å²) in [6, 6.07) is 10.7. The van der Waals surface area contributed by atoms with E-state index in [1.807, 2.05) is 19.0 Å². The van der Waals surface area contributed by atoms with Gasteiger partial charge in [0.2, 0.25) is 0 Å². The highest BCUT2D eigenvalue weighted by Gasteiger charge is 2.35. The Bertz CT molecular complexity index is 823. The van der Waals surface area contributed by atoms with Gasteiger partial charge in [-0.05, 0) is 56.8 Å². The molecule has 0 spiro atoms. The number of benzene rings is 2. The first-order chi connectivity index (χ1) is 12.8. The van der Waals surface area contributed by atoms with Crippen molar-refractivity contribution < 1.29 is 19.4 Å². The van der Waals surface area contributed by atoms with Crippen molar-refractivity contribution in [3.63, 3.8) is 0 Å². The molecular formula is C21H25FN2O3. The predicted molar refractivity (Wildman–Crippen MR) is 102 cm³/mol. The molecule has 1 heterocycles. The number of hydrogen-bond donors (Lipinski definition) is 2. The van der Waals surface area contributed by atoms with Gasteiger partial charge in [-0.2, -0.15) is 0 Å². The highest BCUT2D eigenvalue weighted by Crippen LogP contribution is 2.27. The summed E-state index contributed by atoms with van der Waals surface area (Å²) in [6.07, 6.45) is 1.43. The lowest BCUT2D eigenvalue weighted by molar-refractivity contribution is -0.0391. The van der Waals surface area contributed by atoms with Crippen LogP contribution < -0.4 is 0 Å². The molecule has 1 saturated heterocycles. The number of carbonyl (C=O) groups excluding carboxylic acids is 1. The van der Waals surface area contributed by atoms with E-state index in [0.29, 0.717) is 42.7 Å². The van der Waals surface area contributed by atoms with E-state index in [9.17, 15) is 19.4 Å². The fourth-order valence-corrected chi connectivity index (χ4v) is 3.72. The summed E-state index contributed by atoms with van der Waals surface area (Å²) in [5.41, 5.74) is 0.607. The van der Waals surface area contributed by atoms with E-state index >= 15 is 0 Å². The maximum absolute atomic E-state index is 14.0. The van der Waals surface area contributed by atoms with Crippen LogP contribution in [-0.4, -0.2) is 65.3 Å². The summed E-state index contributed by atoms with van der Waals surface area (Å²) in [6.45, 7) is 1.43. The van der Waals surface area contributed by atoms with E-state index in [1.54, 1.807) is 29.2 Å². The van der Waals surface area contributed by atoms with Gasteiger partial charge < -0.3 is 20.0 Å². The van der Waals surface area contributed by atoms with Crippen molar-refractivity contribution in [2.24, 2.45) is 0 Å². The summed E-state index contributed by atoms with van der Waals surface area (Å²) >= 11 is 0. The van der Waals surface area contributed by atoms with Gasteiger partial charge in [-0.3, -0.25) is 4.79 Å². The smallest absolute Gasteiger partial charge is 0.253 e. The van der Waals surface area contributed by atoms with Crippen LogP contribution in [0.1, 0.15) is 23.2 Å². The van der Waals surface area contributed by atoms with Crippen molar-refractivity contribution >= 4 is 5.91 Å². The fourth-order valence-electron chi connectivity index (χ4n) is 3.72. The Hall–Kier alpha value is -2.44. The quantitative estimate of drug-likeness (QED) is 0.866. The number of phenols is 1. The number of piperidine rings is 1. The number of aromatic hydroxyl groups is 1. The highest BCUT2D eigenvalue weighted by molar-refractivity contribution is 5.94. The number of hydrogen-bond acceptors (Lipinski definition) is 4. The van der Waals surface area contributed by atoms with Crippen molar-refractivity contribution in [2.45, 2.75) is 18.4 Å². The molecule has 27 heavy (non-hydrogen) atoms. The molecule has 144 valence electrons. The Balaban J connectivity index is 1.75. The number of rotatable bonds is 4. The van der Waals surface area contributed by atoms with Crippen LogP contribution in [0.2, 0.25) is 0 Å². The average molecular weight is 372 g/mol. The average Bonchev–Trinajstić information content (AvgIpc) is 2.60. The molecule has 0 saturated carbocycles. The third-order valence-corrected chi connectivity index (χ3v) is 4.85. The number of phenolic OH excluding ortho intramolecular Hbond substituents is 1. The Morgan fingerprint density at radius 1 is 1.22 bits per heavy atom. The summed E-state index contributed by atoms with van der Waals surface area (Å²) in [5, 5.41) is 20.1. The van der Waals surface area contributed by atoms with E-state index < -0.39 is 11.4 Å². The molecule has 2 aromatic rings. The minimum Gasteiger partial charge on any atom is -0.508 e. The van der Waals surface area contributed by atoms with Crippen LogP contribution in [0.25, 0.3) is 11.1 Å². The fraction of sp³-hybridized carbons (Fsp3) is 0.381. The number of amides is 1. The molecule has 0 bridgehead atoms. The van der Waals surface area contributed by atoms with Crippen LogP contribution in [0.3, 0.4) is 0 Å². The molecule has 0 radical (unpaired) electrons. The van der Waals surface area contributed by atoms with Crippen LogP contribution in [-0.2, 0) is 0 Å². The van der Waals surface area contributed by atoms with Gasteiger partial charge in [-0.25, -0.2) is 4.39 Å². The lowest BCUT2D eigenvalue weighted by Gasteiger charge is -2.40. The van der Waals surface area contributed by atoms with Gasteiger partial charge in [-0.15, -0.1) is 0 Å². The molecule has 0 unspecified atom stereocenters. The van der Waals surface area contributed by atoms with E-state index in [1.165, 1.54) is 12.1 Å². The van der Waals surface area contributed by atoms with Crippen molar-refractivity contribution in [3.05, 3.63) is 53.8 Å². The van der Waals surface area contributed by atoms with Crippen LogP contribution >= 0.6 is 0 Å². The Labute approximate surface area is 158 Å². The van der Waals surface area contributed by atoms with E-state index in [4.69, 9.17) is 0 Å². The van der Waals surface area contributed by atoms with E-state index in [2.05, 4.69) is 0 Å². The number of carbonyl (C=O) groups is 1. The Morgan fingerprint density at radius 2 is 1.93 bits per heavy atom. The van der Waals surface area contributed by atoms with Gasteiger partial charge in [0.1, 0.15) is 11.6 Å². The van der Waals surface area contributed by atoms with Gasteiger partial charge in [0, 0.05) is 30.3 Å². The molecule has 0 aromatic heterocycles. The number of likely N-dealkylation sites (N-methyl/N-ethyl adjacent to an activating group) is 1. The number of halogens is 1. The second kappa shape index (κ2) is 7.66. The molecule has 1 atom stereocenters. The molecule has 2 N–H and O–H groups in total. The molecule has 2 aromatic carbocycles. The van der Waals surface area contributed by atoms with E-state index in [0.717, 1.165) is 12.5 Å². The maximum atomic E-state index is 14.0. The zero-order valence-corrected chi connectivity index (χ0v) is 15.7. The number of aliphatic hydroxyl groups is 1. The van der Waals surface area contributed by atoms with Crippen LogP contribution in [0.5, 0.6) is 5.75 Å². The van der Waals surface area contributed by atoms with Gasteiger partial charge in [0.25, 0.3) is 5.91 Å². The van der Waals surface area contributed by atoms with Crippen LogP contribution in [0.15, 0.2) is 42.5 Å². The summed E-state index contributed by atoms with van der Waals surface area (Å²) in [4.78, 5) is 16.4. The molecule has 1 amide bonds. The first kappa shape index (κ1) is 19.3. The zero-order chi connectivity index (χ0) is 19.6. The van der Waals surface area contributed by atoms with Gasteiger partial charge in [0.05, 0.1) is 12.1 Å². The standard InChI is InChI=1S/C21H25FN2O3/c1-23(2)13-21(27)10-3-11-24(14-21)20(26)16-6-4-15(5-7-16)18-9-8-17(25)12-19(18)22/h4-9,12,25,27H,3,10-11,13-14H2,1-2H3/t21-/m1/s1. The monoisotopic (exact) mass is 372 g/mol. The van der Waals surface area contributed by atoms with Crippen molar-refractivity contribution in [1.82, 2.24) is 9.80 Å². The second-order valence-electron chi connectivity index (χ2n) is 7.53. The molecule has 0 aliphatic carbocycles. The summed E-state index contributed by atoms with van der Waals surface area (Å²) < 4.78 is 14.0. The molecule has 3 rings (SSSR count). The van der Waals surface area contributed by atoms with Crippen molar-refractivity contribution in [2.75, 3.05) is 33.7 Å². The first-order valence-corrected chi connectivity index (χ1v) is 9.03. The van der Waals surface area contributed by atoms with Crippen LogP contribution in [0, 0.1) is 5.82 Å². The minimum atomic E-state index is -0.896. The van der Waals surface area contributed by atoms with Crippen LogP contribution in [0.4, 0.5) is 4.39 Å². The minimum absolute atomic E-state index is 0.127. The van der Waals surface area contributed by atoms with Gasteiger partial charge >= 0.3 is 0 Å². The highest BCUT2D eigenvalue weighted by atomic mass is 19.1. The molecular weight excluding hydrogens is 347 g/mol. The SMILES string of the molecule is CN(C)C[C@]1(O)CCCN(C(=O)c2ccc(-c3ccc(O)cc3F)cc2)C1. The zero-order valence-electron chi connectivity index (χ0n) is 15.7. The topological polar surface area (TPSA) is 64.0 Å². The van der Waals surface area contributed by atoms with E-state index in [-0.39, 0.29) is 11.7 Å². The molecule has 5 nitrogen and oxygen atoms in total.